The number of hydroxylamine groups is 2. The number of rotatable bonds is 7. The van der Waals surface area contributed by atoms with Crippen molar-refractivity contribution in [2.24, 2.45) is 5.73 Å². The lowest BCUT2D eigenvalue weighted by Crippen LogP contribution is -2.34. The Hall–Kier alpha value is -1.67. The fourth-order valence-corrected chi connectivity index (χ4v) is 3.47. The van der Waals surface area contributed by atoms with E-state index in [1.807, 2.05) is 0 Å². The van der Waals surface area contributed by atoms with E-state index in [0.717, 1.165) is 38.5 Å². The maximum atomic E-state index is 12.6. The minimum Gasteiger partial charge on any atom is -0.423 e. The molecule has 2 bridgehead atoms. The average molecular weight is 335 g/mol. The Morgan fingerprint density at radius 1 is 1.38 bits per heavy atom. The quantitative estimate of drug-likeness (QED) is 0.763. The monoisotopic (exact) mass is 335 g/mol. The van der Waals surface area contributed by atoms with Crippen molar-refractivity contribution in [3.63, 3.8) is 0 Å². The normalized spacial score (nSPS) is 27.8. The molecule has 3 aliphatic rings. The van der Waals surface area contributed by atoms with Crippen molar-refractivity contribution >= 4 is 6.03 Å². The zero-order valence-corrected chi connectivity index (χ0v) is 14.1. The molecular weight excluding hydrogens is 310 g/mol. The van der Waals surface area contributed by atoms with Gasteiger partial charge >= 0.3 is 6.03 Å². The SMILES string of the molecule is CCCCON1C(=O)N2C[C@@H]1CC[C@H]2c1nnc(CC2(N)CC2)o1. The first-order chi connectivity index (χ1) is 11.6. The lowest BCUT2D eigenvalue weighted by molar-refractivity contribution is -0.130. The van der Waals surface area contributed by atoms with Crippen LogP contribution in [-0.2, 0) is 11.3 Å². The summed E-state index contributed by atoms with van der Waals surface area (Å²) in [6, 6.07) is -0.106. The van der Waals surface area contributed by atoms with Gasteiger partial charge in [-0.3, -0.25) is 4.84 Å². The summed E-state index contributed by atoms with van der Waals surface area (Å²) in [5.41, 5.74) is 5.95. The summed E-state index contributed by atoms with van der Waals surface area (Å²) >= 11 is 0. The standard InChI is InChI=1S/C16H25N5O3/c1-2-3-8-23-21-11-4-5-12(20(10-11)15(21)22)14-19-18-13(24-14)9-16(17)6-7-16/h11-12H,2-10,17H2,1H3/t11-,12-/m0/s1. The summed E-state index contributed by atoms with van der Waals surface area (Å²) in [6.45, 7) is 3.35. The third-order valence-electron chi connectivity index (χ3n) is 5.21. The Kier molecular flexibility index (Phi) is 3.96. The molecule has 0 radical (unpaired) electrons. The number of nitrogens with two attached hydrogens (primary N) is 1. The summed E-state index contributed by atoms with van der Waals surface area (Å²) in [4.78, 5) is 20.1. The Balaban J connectivity index is 1.43. The molecule has 2 N–H and O–H groups in total. The minimum atomic E-state index is -0.158. The molecule has 2 saturated heterocycles. The largest absolute Gasteiger partial charge is 0.423 e. The van der Waals surface area contributed by atoms with Gasteiger partial charge in [-0.05, 0) is 32.1 Å². The van der Waals surface area contributed by atoms with E-state index in [1.165, 1.54) is 0 Å². The molecular formula is C16H25N5O3. The topological polar surface area (TPSA) is 97.7 Å². The van der Waals surface area contributed by atoms with Crippen LogP contribution in [0.5, 0.6) is 0 Å². The highest BCUT2D eigenvalue weighted by Crippen LogP contribution is 2.39. The molecule has 1 aromatic heterocycles. The van der Waals surface area contributed by atoms with Crippen LogP contribution in [-0.4, -0.2) is 50.9 Å². The van der Waals surface area contributed by atoms with Gasteiger partial charge < -0.3 is 15.1 Å². The molecule has 132 valence electrons. The highest BCUT2D eigenvalue weighted by Gasteiger charge is 2.48. The lowest BCUT2D eigenvalue weighted by Gasteiger charge is -2.27. The van der Waals surface area contributed by atoms with Gasteiger partial charge in [-0.2, -0.15) is 5.06 Å². The van der Waals surface area contributed by atoms with Gasteiger partial charge in [-0.25, -0.2) is 4.79 Å². The van der Waals surface area contributed by atoms with Crippen LogP contribution in [0.15, 0.2) is 4.42 Å². The summed E-state index contributed by atoms with van der Waals surface area (Å²) < 4.78 is 5.82. The van der Waals surface area contributed by atoms with Crippen molar-refractivity contribution in [3.05, 3.63) is 11.8 Å². The van der Waals surface area contributed by atoms with Crippen LogP contribution < -0.4 is 5.73 Å². The molecule has 8 heteroatoms. The van der Waals surface area contributed by atoms with Crippen LogP contribution in [0.4, 0.5) is 4.79 Å². The van der Waals surface area contributed by atoms with Gasteiger partial charge in [-0.1, -0.05) is 13.3 Å². The molecule has 0 unspecified atom stereocenters. The Morgan fingerprint density at radius 3 is 2.96 bits per heavy atom. The summed E-state index contributed by atoms with van der Waals surface area (Å²) in [7, 11) is 0. The maximum Gasteiger partial charge on any atom is 0.345 e. The summed E-state index contributed by atoms with van der Waals surface area (Å²) in [5, 5.41) is 9.85. The van der Waals surface area contributed by atoms with Gasteiger partial charge in [0.25, 0.3) is 0 Å². The van der Waals surface area contributed by atoms with Gasteiger partial charge in [0.05, 0.1) is 12.6 Å². The van der Waals surface area contributed by atoms with Crippen molar-refractivity contribution in [2.75, 3.05) is 13.2 Å². The Morgan fingerprint density at radius 2 is 2.21 bits per heavy atom. The Bertz CT molecular complexity index is 615. The number of fused-ring (bicyclic) bond motifs is 2. The number of unbranched alkanes of at least 4 members (excludes halogenated alkanes) is 1. The van der Waals surface area contributed by atoms with Gasteiger partial charge in [0, 0.05) is 18.5 Å². The van der Waals surface area contributed by atoms with Crippen LogP contribution >= 0.6 is 0 Å². The van der Waals surface area contributed by atoms with Crippen molar-refractivity contribution in [2.45, 2.75) is 69.5 Å². The first kappa shape index (κ1) is 15.8. The molecule has 0 aromatic carbocycles. The van der Waals surface area contributed by atoms with E-state index in [9.17, 15) is 4.79 Å². The highest BCUT2D eigenvalue weighted by atomic mass is 16.7. The molecule has 3 fully saturated rings. The molecule has 1 aliphatic carbocycles. The molecule has 3 heterocycles. The van der Waals surface area contributed by atoms with E-state index in [2.05, 4.69) is 17.1 Å². The zero-order valence-electron chi connectivity index (χ0n) is 14.1. The number of hydrogen-bond acceptors (Lipinski definition) is 6. The molecule has 2 aliphatic heterocycles. The number of hydrogen-bond donors (Lipinski definition) is 1. The average Bonchev–Trinajstić information content (AvgIpc) is 3.03. The molecule has 2 atom stereocenters. The number of carbonyl (C=O) groups excluding carboxylic acids is 1. The minimum absolute atomic E-state index is 0.0872. The smallest absolute Gasteiger partial charge is 0.345 e. The van der Waals surface area contributed by atoms with Crippen LogP contribution in [0.3, 0.4) is 0 Å². The number of nitrogens with zero attached hydrogens (tertiary/aromatic N) is 4. The fourth-order valence-electron chi connectivity index (χ4n) is 3.47. The zero-order chi connectivity index (χ0) is 16.7. The predicted molar refractivity (Wildman–Crippen MR) is 84.7 cm³/mol. The molecule has 0 spiro atoms. The van der Waals surface area contributed by atoms with Crippen LogP contribution in [0, 0.1) is 0 Å². The van der Waals surface area contributed by atoms with E-state index < -0.39 is 0 Å². The number of amides is 2. The molecule has 8 nitrogen and oxygen atoms in total. The van der Waals surface area contributed by atoms with Crippen molar-refractivity contribution < 1.29 is 14.0 Å². The number of carbonyl (C=O) groups is 1. The van der Waals surface area contributed by atoms with E-state index >= 15 is 0 Å². The second kappa shape index (κ2) is 6.00. The molecule has 4 rings (SSSR count). The maximum absolute atomic E-state index is 12.6. The third kappa shape index (κ3) is 2.88. The van der Waals surface area contributed by atoms with Crippen LogP contribution in [0.1, 0.15) is 63.3 Å². The summed E-state index contributed by atoms with van der Waals surface area (Å²) in [6.07, 6.45) is 6.34. The van der Waals surface area contributed by atoms with Gasteiger partial charge in [0.1, 0.15) is 6.04 Å². The van der Waals surface area contributed by atoms with E-state index in [1.54, 1.807) is 9.96 Å². The summed E-state index contributed by atoms with van der Waals surface area (Å²) in [5.74, 6) is 1.10. The van der Waals surface area contributed by atoms with Crippen molar-refractivity contribution in [3.8, 4) is 0 Å². The molecule has 1 saturated carbocycles. The van der Waals surface area contributed by atoms with Gasteiger partial charge in [0.2, 0.25) is 11.8 Å². The van der Waals surface area contributed by atoms with Crippen LogP contribution in [0.25, 0.3) is 0 Å². The Labute approximate surface area is 141 Å². The van der Waals surface area contributed by atoms with E-state index in [4.69, 9.17) is 15.0 Å². The third-order valence-corrected chi connectivity index (χ3v) is 5.21. The first-order valence-electron chi connectivity index (χ1n) is 8.93. The predicted octanol–water partition coefficient (Wildman–Crippen LogP) is 1.78. The van der Waals surface area contributed by atoms with Gasteiger partial charge in [0.15, 0.2) is 0 Å². The van der Waals surface area contributed by atoms with Gasteiger partial charge in [-0.15, -0.1) is 10.2 Å². The lowest BCUT2D eigenvalue weighted by atomic mass is 10.0. The number of piperidine rings is 1. The van der Waals surface area contributed by atoms with E-state index in [0.29, 0.717) is 31.4 Å². The first-order valence-corrected chi connectivity index (χ1v) is 8.93. The van der Waals surface area contributed by atoms with Crippen molar-refractivity contribution in [1.82, 2.24) is 20.2 Å². The highest BCUT2D eigenvalue weighted by molar-refractivity contribution is 5.77. The molecule has 2 amide bonds. The molecule has 24 heavy (non-hydrogen) atoms. The second-order valence-electron chi connectivity index (χ2n) is 7.27. The second-order valence-corrected chi connectivity index (χ2v) is 7.27. The number of urea groups is 1. The van der Waals surface area contributed by atoms with Crippen LogP contribution in [0.2, 0.25) is 0 Å². The molecule has 1 aromatic rings. The van der Waals surface area contributed by atoms with E-state index in [-0.39, 0.29) is 23.7 Å². The fraction of sp³-hybridized carbons (Fsp3) is 0.812. The van der Waals surface area contributed by atoms with Crippen molar-refractivity contribution in [1.29, 1.82) is 0 Å². The number of aromatic nitrogens is 2.